The Morgan fingerprint density at radius 1 is 1.19 bits per heavy atom. The number of phenolic OH excluding ortho intramolecular Hbond substituents is 1. The summed E-state index contributed by atoms with van der Waals surface area (Å²) in [7, 11) is 0. The van der Waals surface area contributed by atoms with Gasteiger partial charge in [-0.15, -0.1) is 0 Å². The number of hydrogen-bond acceptors (Lipinski definition) is 3. The van der Waals surface area contributed by atoms with E-state index >= 15 is 0 Å². The molecule has 0 aliphatic heterocycles. The lowest BCUT2D eigenvalue weighted by molar-refractivity contribution is 0.100. The summed E-state index contributed by atoms with van der Waals surface area (Å²) in [5, 5.41) is 11.6. The minimum Gasteiger partial charge on any atom is -0.508 e. The Hall–Kier alpha value is -3.21. The van der Waals surface area contributed by atoms with Crippen LogP contribution < -0.4 is 22.0 Å². The molecule has 0 atom stereocenters. The third kappa shape index (κ3) is 5.52. The molecule has 0 aliphatic rings. The van der Waals surface area contributed by atoms with Gasteiger partial charge in [0, 0.05) is 11.3 Å². The number of hydrogen-bond donors (Lipinski definition) is 3. The molecule has 0 aliphatic carbocycles. The average Bonchev–Trinajstić information content (AvgIpc) is 3.02. The van der Waals surface area contributed by atoms with Crippen molar-refractivity contribution in [3.8, 4) is 11.4 Å². The van der Waals surface area contributed by atoms with Crippen LogP contribution in [0.5, 0.6) is 5.75 Å². The molecule has 0 unspecified atom stereocenters. The maximum atomic E-state index is 12.3. The third-order valence-corrected chi connectivity index (χ3v) is 5.57. The predicted octanol–water partition coefficient (Wildman–Crippen LogP) is 4.62. The zero-order chi connectivity index (χ0) is 23.8. The van der Waals surface area contributed by atoms with Crippen LogP contribution in [0.25, 0.3) is 17.8 Å². The van der Waals surface area contributed by atoms with Crippen molar-refractivity contribution in [2.45, 2.75) is 66.7 Å². The second-order valence-corrected chi connectivity index (χ2v) is 8.13. The van der Waals surface area contributed by atoms with Crippen LogP contribution in [0.2, 0.25) is 0 Å². The minimum absolute atomic E-state index is 0.130. The van der Waals surface area contributed by atoms with Crippen molar-refractivity contribution in [2.24, 2.45) is 5.73 Å². The van der Waals surface area contributed by atoms with Gasteiger partial charge in [0.1, 0.15) is 11.6 Å². The Kier molecular flexibility index (Phi) is 8.94. The number of benzene rings is 1. The highest BCUT2D eigenvalue weighted by Gasteiger charge is 2.19. The molecule has 0 saturated heterocycles. The van der Waals surface area contributed by atoms with Crippen LogP contribution >= 0.6 is 0 Å². The predicted molar refractivity (Wildman–Crippen MR) is 135 cm³/mol. The largest absolute Gasteiger partial charge is 0.508 e. The fourth-order valence-corrected chi connectivity index (χ4v) is 3.92. The Labute approximate surface area is 191 Å². The van der Waals surface area contributed by atoms with Crippen LogP contribution in [0.4, 0.5) is 5.82 Å². The standard InChI is InChI=1S/C27H37N3O2/c1-6-9-12-20(10-7-2)18(4)14-16-23-22(11-8-3)25(27(29)32)26(28)30(23)24-17-21(31)15-13-19(24)5/h11-17,31H,6-10,28H2,1-5H3,(H2,29,32)/b18-14+,20-12+,22-11-,23-16+. The van der Waals surface area contributed by atoms with Crippen molar-refractivity contribution in [3.63, 3.8) is 0 Å². The molecule has 1 aromatic heterocycles. The smallest absolute Gasteiger partial charge is 0.253 e. The van der Waals surface area contributed by atoms with Crippen molar-refractivity contribution in [1.82, 2.24) is 4.57 Å². The van der Waals surface area contributed by atoms with Gasteiger partial charge in [-0.2, -0.15) is 0 Å². The SMILES string of the molecule is CC\C=c1/c(C(N)=O)c(N)n(-c2cc(O)ccc2C)/c1=C/C=C(C)/C(=C/CCC)CCC. The molecule has 5 nitrogen and oxygen atoms in total. The number of nitrogens with two attached hydrogens (primary N) is 2. The van der Waals surface area contributed by atoms with Crippen molar-refractivity contribution < 1.29 is 9.90 Å². The Balaban J connectivity index is 2.91. The molecule has 1 heterocycles. The van der Waals surface area contributed by atoms with E-state index in [0.29, 0.717) is 11.3 Å². The molecule has 0 bridgehead atoms. The second kappa shape index (κ2) is 11.4. The minimum atomic E-state index is -0.566. The fraction of sp³-hybridized carbons (Fsp3) is 0.370. The molecule has 1 amide bonds. The Morgan fingerprint density at radius 2 is 1.91 bits per heavy atom. The van der Waals surface area contributed by atoms with Crippen LogP contribution in [0.3, 0.4) is 0 Å². The number of aromatic hydroxyl groups is 1. The van der Waals surface area contributed by atoms with E-state index in [-0.39, 0.29) is 11.6 Å². The molecule has 0 fully saturated rings. The van der Waals surface area contributed by atoms with Crippen LogP contribution in [-0.4, -0.2) is 15.6 Å². The zero-order valence-electron chi connectivity index (χ0n) is 20.0. The topological polar surface area (TPSA) is 94.3 Å². The first-order chi connectivity index (χ1) is 15.3. The van der Waals surface area contributed by atoms with Crippen molar-refractivity contribution in [1.29, 1.82) is 0 Å². The summed E-state index contributed by atoms with van der Waals surface area (Å²) in [4.78, 5) is 12.3. The van der Waals surface area contributed by atoms with Crippen LogP contribution in [0.15, 0.2) is 41.5 Å². The lowest BCUT2D eigenvalue weighted by Gasteiger charge is -2.11. The summed E-state index contributed by atoms with van der Waals surface area (Å²) in [5.41, 5.74) is 16.7. The molecule has 1 aromatic carbocycles. The van der Waals surface area contributed by atoms with Crippen LogP contribution in [0.1, 0.15) is 75.7 Å². The number of aromatic nitrogens is 1. The quantitative estimate of drug-likeness (QED) is 0.502. The van der Waals surface area contributed by atoms with E-state index in [1.54, 1.807) is 12.1 Å². The molecule has 0 spiro atoms. The summed E-state index contributed by atoms with van der Waals surface area (Å²) in [5.74, 6) is -0.159. The number of aryl methyl sites for hydroxylation is 1. The lowest BCUT2D eigenvalue weighted by Crippen LogP contribution is -2.32. The van der Waals surface area contributed by atoms with E-state index in [1.807, 2.05) is 36.6 Å². The number of nitrogen functional groups attached to an aromatic ring is 1. The number of unbranched alkanes of at least 4 members (excludes halogenated alkanes) is 1. The van der Waals surface area contributed by atoms with E-state index < -0.39 is 5.91 Å². The number of carbonyl (C=O) groups is 1. The second-order valence-electron chi connectivity index (χ2n) is 8.13. The average molecular weight is 436 g/mol. The first-order valence-electron chi connectivity index (χ1n) is 11.4. The van der Waals surface area contributed by atoms with Gasteiger partial charge in [-0.05, 0) is 62.0 Å². The maximum Gasteiger partial charge on any atom is 0.253 e. The molecule has 2 rings (SSSR count). The van der Waals surface area contributed by atoms with E-state index in [0.717, 1.165) is 48.2 Å². The number of allylic oxidation sites excluding steroid dienone is 4. The summed E-state index contributed by atoms with van der Waals surface area (Å²) in [6, 6.07) is 5.12. The number of carbonyl (C=O) groups excluding carboxylic acids is 1. The molecule has 172 valence electrons. The zero-order valence-corrected chi connectivity index (χ0v) is 20.0. The summed E-state index contributed by atoms with van der Waals surface area (Å²) >= 11 is 0. The molecule has 2 aromatic rings. The Morgan fingerprint density at radius 3 is 2.50 bits per heavy atom. The third-order valence-electron chi connectivity index (χ3n) is 5.57. The molecular formula is C27H37N3O2. The van der Waals surface area contributed by atoms with Crippen LogP contribution in [0, 0.1) is 6.92 Å². The first-order valence-corrected chi connectivity index (χ1v) is 11.4. The van der Waals surface area contributed by atoms with E-state index in [9.17, 15) is 9.90 Å². The van der Waals surface area contributed by atoms with Gasteiger partial charge in [-0.3, -0.25) is 9.36 Å². The first kappa shape index (κ1) is 25.1. The Bertz CT molecular complexity index is 1150. The van der Waals surface area contributed by atoms with E-state index in [2.05, 4.69) is 32.9 Å². The summed E-state index contributed by atoms with van der Waals surface area (Å²) < 4.78 is 1.82. The van der Waals surface area contributed by atoms with Gasteiger partial charge >= 0.3 is 0 Å². The molecule has 0 radical (unpaired) electrons. The van der Waals surface area contributed by atoms with Crippen LogP contribution in [-0.2, 0) is 0 Å². The number of amides is 1. The molecule has 32 heavy (non-hydrogen) atoms. The van der Waals surface area contributed by atoms with Crippen molar-refractivity contribution in [2.75, 3.05) is 5.73 Å². The van der Waals surface area contributed by atoms with E-state index in [1.165, 1.54) is 11.1 Å². The lowest BCUT2D eigenvalue weighted by atomic mass is 10.0. The number of phenols is 1. The van der Waals surface area contributed by atoms with Gasteiger partial charge < -0.3 is 16.6 Å². The van der Waals surface area contributed by atoms with Crippen molar-refractivity contribution >= 4 is 23.9 Å². The van der Waals surface area contributed by atoms with Gasteiger partial charge in [0.15, 0.2) is 0 Å². The highest BCUT2D eigenvalue weighted by molar-refractivity contribution is 5.98. The van der Waals surface area contributed by atoms with Gasteiger partial charge in [-0.25, -0.2) is 0 Å². The highest BCUT2D eigenvalue weighted by Crippen LogP contribution is 2.22. The van der Waals surface area contributed by atoms with Gasteiger partial charge in [-0.1, -0.05) is 57.9 Å². The van der Waals surface area contributed by atoms with Gasteiger partial charge in [0.25, 0.3) is 5.91 Å². The number of primary amides is 1. The highest BCUT2D eigenvalue weighted by atomic mass is 16.3. The normalized spacial score (nSPS) is 13.8. The molecule has 5 N–H and O–H groups in total. The summed E-state index contributed by atoms with van der Waals surface area (Å²) in [6.45, 7) is 10.4. The van der Waals surface area contributed by atoms with Crippen molar-refractivity contribution in [3.05, 3.63) is 63.2 Å². The number of nitrogens with zero attached hydrogens (tertiary/aromatic N) is 1. The fourth-order valence-electron chi connectivity index (χ4n) is 3.92. The summed E-state index contributed by atoms with van der Waals surface area (Å²) in [6.07, 6.45) is 13.3. The van der Waals surface area contributed by atoms with Gasteiger partial charge in [0.2, 0.25) is 0 Å². The molecule has 5 heteroatoms. The molecule has 0 saturated carbocycles. The van der Waals surface area contributed by atoms with E-state index in [4.69, 9.17) is 11.5 Å². The number of anilines is 1. The number of rotatable bonds is 9. The molecular weight excluding hydrogens is 398 g/mol. The van der Waals surface area contributed by atoms with Gasteiger partial charge in [0.05, 0.1) is 16.6 Å². The maximum absolute atomic E-state index is 12.3. The monoisotopic (exact) mass is 435 g/mol.